The second-order valence-electron chi connectivity index (χ2n) is 15.0. The maximum atomic E-state index is 15.5. The Hall–Kier alpha value is -6.32. The number of carbonyl (C=O) groups excluding carboxylic acids is 5. The molecule has 0 bridgehead atoms. The van der Waals surface area contributed by atoms with Crippen molar-refractivity contribution in [1.82, 2.24) is 0 Å². The number of hydrogen-bond acceptors (Lipinski definition) is 7. The van der Waals surface area contributed by atoms with Crippen molar-refractivity contribution in [3.63, 3.8) is 0 Å². The van der Waals surface area contributed by atoms with Crippen LogP contribution in [-0.2, 0) is 24.6 Å². The average Bonchev–Trinajstić information content (AvgIpc) is 3.62. The Kier molecular flexibility index (Phi) is 8.93. The first kappa shape index (κ1) is 36.3. The number of benzene rings is 5. The third kappa shape index (κ3) is 5.55. The van der Waals surface area contributed by atoms with Gasteiger partial charge >= 0.3 is 0 Å². The van der Waals surface area contributed by atoms with E-state index in [1.807, 2.05) is 42.5 Å². The molecule has 3 fully saturated rings. The SMILES string of the molecule is CCOc1cc([C@H]2C3=CC[C@@H]4C(=O)N(c5ccc(C(=O)c6ccccc6)cc5)C(=O)[C@@H]4[C@@H]3C[C@H]3C(=O)N(c4cccc(Cl)c4)C(=O)[C@@]23c2ccccc2)ccc1O. The summed E-state index contributed by atoms with van der Waals surface area (Å²) in [4.78, 5) is 75.1. The number of allylic oxidation sites excluding steroid dienone is 2. The van der Waals surface area contributed by atoms with E-state index in [0.717, 1.165) is 5.57 Å². The number of amides is 4. The number of phenolic OH excluding ortho intramolecular Hbond substituents is 1. The molecule has 57 heavy (non-hydrogen) atoms. The molecule has 2 aliphatic heterocycles. The smallest absolute Gasteiger partial charge is 0.246 e. The predicted molar refractivity (Wildman–Crippen MR) is 214 cm³/mol. The molecule has 284 valence electrons. The van der Waals surface area contributed by atoms with E-state index in [0.29, 0.717) is 38.7 Å². The van der Waals surface area contributed by atoms with Gasteiger partial charge in [0.1, 0.15) is 0 Å². The van der Waals surface area contributed by atoms with Crippen molar-refractivity contribution < 1.29 is 33.8 Å². The number of ketones is 1. The molecule has 4 aliphatic rings. The van der Waals surface area contributed by atoms with Crippen LogP contribution in [0.4, 0.5) is 11.4 Å². The highest BCUT2D eigenvalue weighted by Crippen LogP contribution is 2.65. The molecule has 9 nitrogen and oxygen atoms in total. The molecule has 4 amide bonds. The third-order valence-electron chi connectivity index (χ3n) is 12.2. The van der Waals surface area contributed by atoms with Gasteiger partial charge in [-0.2, -0.15) is 0 Å². The number of phenols is 1. The van der Waals surface area contributed by atoms with Crippen molar-refractivity contribution in [2.75, 3.05) is 16.4 Å². The van der Waals surface area contributed by atoms with E-state index < -0.39 is 52.7 Å². The van der Waals surface area contributed by atoms with Crippen LogP contribution in [-0.4, -0.2) is 41.1 Å². The molecule has 2 aliphatic carbocycles. The first-order valence-corrected chi connectivity index (χ1v) is 19.5. The molecule has 2 heterocycles. The largest absolute Gasteiger partial charge is 0.504 e. The van der Waals surface area contributed by atoms with Gasteiger partial charge in [0.15, 0.2) is 17.3 Å². The van der Waals surface area contributed by atoms with Gasteiger partial charge in [-0.15, -0.1) is 0 Å². The molecule has 0 radical (unpaired) electrons. The summed E-state index contributed by atoms with van der Waals surface area (Å²) >= 11 is 6.43. The van der Waals surface area contributed by atoms with Gasteiger partial charge < -0.3 is 9.84 Å². The molecule has 0 unspecified atom stereocenters. The number of anilines is 2. The minimum atomic E-state index is -1.47. The zero-order valence-electron chi connectivity index (χ0n) is 30.9. The first-order chi connectivity index (χ1) is 27.6. The maximum Gasteiger partial charge on any atom is 0.246 e. The van der Waals surface area contributed by atoms with Crippen LogP contribution in [0, 0.1) is 23.7 Å². The minimum absolute atomic E-state index is 0.0750. The third-order valence-corrected chi connectivity index (χ3v) is 12.4. The fraction of sp³-hybridized carbons (Fsp3) is 0.213. The lowest BCUT2D eigenvalue weighted by Crippen LogP contribution is -2.53. The molecule has 0 spiro atoms. The van der Waals surface area contributed by atoms with Crippen molar-refractivity contribution in [2.45, 2.75) is 31.1 Å². The molecule has 0 aromatic heterocycles. The van der Waals surface area contributed by atoms with E-state index in [-0.39, 0.29) is 42.6 Å². The minimum Gasteiger partial charge on any atom is -0.504 e. The lowest BCUT2D eigenvalue weighted by molar-refractivity contribution is -0.127. The number of fused-ring (bicyclic) bond motifs is 4. The standard InChI is InChI=1S/C47H37ClN2O7/c1-2-57-39-24-29(18-23-38(39)51)41-34-21-22-35-40(45(55)49(43(35)53)32-19-16-28(17-20-32)42(52)27-10-5-3-6-11-27)36(34)26-37-44(54)50(33-15-9-14-31(48)25-33)46(56)47(37,41)30-12-7-4-8-13-30/h3-21,23-25,35-37,40-41,51H,2,22,26H2,1H3/t35-,36+,37-,40-,41-,47+/m0/s1. The molecule has 6 atom stereocenters. The van der Waals surface area contributed by atoms with Gasteiger partial charge in [0.2, 0.25) is 23.6 Å². The summed E-state index contributed by atoms with van der Waals surface area (Å²) in [6.07, 6.45) is 2.36. The summed E-state index contributed by atoms with van der Waals surface area (Å²) in [5.41, 5.74) is 2.22. The maximum absolute atomic E-state index is 15.5. The van der Waals surface area contributed by atoms with Crippen LogP contribution in [0.3, 0.4) is 0 Å². The van der Waals surface area contributed by atoms with Crippen LogP contribution in [0.25, 0.3) is 0 Å². The number of imide groups is 2. The Morgan fingerprint density at radius 3 is 2.16 bits per heavy atom. The molecule has 9 rings (SSSR count). The van der Waals surface area contributed by atoms with E-state index >= 15 is 9.59 Å². The number of aromatic hydroxyl groups is 1. The monoisotopic (exact) mass is 776 g/mol. The highest BCUT2D eigenvalue weighted by atomic mass is 35.5. The molecule has 10 heteroatoms. The Bertz CT molecular complexity index is 2500. The van der Waals surface area contributed by atoms with E-state index in [9.17, 15) is 19.5 Å². The van der Waals surface area contributed by atoms with Crippen molar-refractivity contribution in [2.24, 2.45) is 23.7 Å². The summed E-state index contributed by atoms with van der Waals surface area (Å²) in [5, 5.41) is 11.2. The van der Waals surface area contributed by atoms with Crippen molar-refractivity contribution >= 4 is 52.4 Å². The first-order valence-electron chi connectivity index (χ1n) is 19.1. The Morgan fingerprint density at radius 2 is 1.46 bits per heavy atom. The quantitative estimate of drug-likeness (QED) is 0.0962. The van der Waals surface area contributed by atoms with E-state index in [1.54, 1.807) is 91.9 Å². The van der Waals surface area contributed by atoms with Crippen LogP contribution in [0.2, 0.25) is 5.02 Å². The summed E-state index contributed by atoms with van der Waals surface area (Å²) in [6.45, 7) is 2.08. The fourth-order valence-corrected chi connectivity index (χ4v) is 10.1. The van der Waals surface area contributed by atoms with Gasteiger partial charge in [-0.1, -0.05) is 96.0 Å². The second-order valence-corrected chi connectivity index (χ2v) is 15.4. The van der Waals surface area contributed by atoms with Crippen LogP contribution in [0.5, 0.6) is 11.5 Å². The molecule has 1 saturated carbocycles. The van der Waals surface area contributed by atoms with E-state index in [4.69, 9.17) is 16.3 Å². The van der Waals surface area contributed by atoms with Gasteiger partial charge in [-0.3, -0.25) is 28.9 Å². The number of hydrogen-bond donors (Lipinski definition) is 1. The zero-order chi connectivity index (χ0) is 39.6. The zero-order valence-corrected chi connectivity index (χ0v) is 31.6. The Balaban J connectivity index is 1.18. The van der Waals surface area contributed by atoms with Crippen molar-refractivity contribution in [1.29, 1.82) is 0 Å². The van der Waals surface area contributed by atoms with Crippen LogP contribution in [0.1, 0.15) is 52.7 Å². The van der Waals surface area contributed by atoms with Gasteiger partial charge in [0.05, 0.1) is 41.2 Å². The fourth-order valence-electron chi connectivity index (χ4n) is 9.87. The predicted octanol–water partition coefficient (Wildman–Crippen LogP) is 8.04. The van der Waals surface area contributed by atoms with Gasteiger partial charge in [-0.25, -0.2) is 4.90 Å². The van der Waals surface area contributed by atoms with Crippen LogP contribution in [0.15, 0.2) is 139 Å². The molecule has 5 aromatic rings. The van der Waals surface area contributed by atoms with Gasteiger partial charge in [0, 0.05) is 22.1 Å². The molecular weight excluding hydrogens is 740 g/mol. The topological polar surface area (TPSA) is 121 Å². The van der Waals surface area contributed by atoms with Gasteiger partial charge in [0.25, 0.3) is 0 Å². The van der Waals surface area contributed by atoms with Crippen molar-refractivity contribution in [3.05, 3.63) is 166 Å². The molecule has 1 N–H and O–H groups in total. The summed E-state index contributed by atoms with van der Waals surface area (Å²) in [6, 6.07) is 36.2. The second kappa shape index (κ2) is 14.0. The van der Waals surface area contributed by atoms with Crippen molar-refractivity contribution in [3.8, 4) is 11.5 Å². The molecule has 2 saturated heterocycles. The summed E-state index contributed by atoms with van der Waals surface area (Å²) in [5.74, 6) is -5.45. The molecule has 5 aromatic carbocycles. The lowest BCUT2D eigenvalue weighted by Gasteiger charge is -2.50. The summed E-state index contributed by atoms with van der Waals surface area (Å²) in [7, 11) is 0. The van der Waals surface area contributed by atoms with Gasteiger partial charge in [-0.05, 0) is 91.4 Å². The number of nitrogens with zero attached hydrogens (tertiary/aromatic N) is 2. The lowest BCUT2D eigenvalue weighted by atomic mass is 9.49. The Morgan fingerprint density at radius 1 is 0.754 bits per heavy atom. The van der Waals surface area contributed by atoms with Crippen LogP contribution >= 0.6 is 11.6 Å². The normalized spacial score (nSPS) is 25.2. The number of halogens is 1. The number of ether oxygens (including phenoxy) is 1. The Labute approximate surface area is 334 Å². The number of rotatable bonds is 8. The highest BCUT2D eigenvalue weighted by molar-refractivity contribution is 6.32. The van der Waals surface area contributed by atoms with Crippen LogP contribution < -0.4 is 14.5 Å². The molecular formula is C47H37ClN2O7. The number of carbonyl (C=O) groups is 5. The highest BCUT2D eigenvalue weighted by Gasteiger charge is 2.70. The van der Waals surface area contributed by atoms with E-state index in [2.05, 4.69) is 0 Å². The van der Waals surface area contributed by atoms with E-state index in [1.165, 1.54) is 15.9 Å². The average molecular weight is 777 g/mol. The summed E-state index contributed by atoms with van der Waals surface area (Å²) < 4.78 is 5.84.